The number of nitrogens with zero attached hydrogens (tertiary/aromatic N) is 2. The number of carbonyl (C=O) groups excluding carboxylic acids is 1. The lowest BCUT2D eigenvalue weighted by molar-refractivity contribution is 0.0962. The molecule has 0 bridgehead atoms. The summed E-state index contributed by atoms with van der Waals surface area (Å²) in [5.74, 6) is -0.911. The molecule has 30 heavy (non-hydrogen) atoms. The highest BCUT2D eigenvalue weighted by Gasteiger charge is 2.16. The van der Waals surface area contributed by atoms with Crippen LogP contribution in [0, 0.1) is 12.7 Å². The van der Waals surface area contributed by atoms with E-state index in [4.69, 9.17) is 4.52 Å². The van der Waals surface area contributed by atoms with Crippen LogP contribution < -0.4 is 10.9 Å². The SMILES string of the molecule is CNC(=O)c1cc(F)cc(C(C)n2ccc3cc(-c4conc4C)ccc3c2=O)c1. The zero-order valence-corrected chi connectivity index (χ0v) is 16.8. The Labute approximate surface area is 171 Å². The van der Waals surface area contributed by atoms with E-state index in [1.165, 1.54) is 23.7 Å². The Morgan fingerprint density at radius 2 is 2.00 bits per heavy atom. The Morgan fingerprint density at radius 3 is 2.70 bits per heavy atom. The second-order valence-electron chi connectivity index (χ2n) is 7.17. The maximum atomic E-state index is 14.1. The van der Waals surface area contributed by atoms with Crippen LogP contribution in [0.5, 0.6) is 0 Å². The fourth-order valence-electron chi connectivity index (χ4n) is 3.59. The van der Waals surface area contributed by atoms with E-state index in [0.29, 0.717) is 10.9 Å². The molecule has 4 aromatic rings. The first-order chi connectivity index (χ1) is 14.4. The van der Waals surface area contributed by atoms with E-state index in [9.17, 15) is 14.0 Å². The van der Waals surface area contributed by atoms with Gasteiger partial charge < -0.3 is 14.4 Å². The first-order valence-electron chi connectivity index (χ1n) is 9.48. The van der Waals surface area contributed by atoms with E-state index in [1.54, 1.807) is 31.5 Å². The third kappa shape index (κ3) is 3.39. The molecule has 2 heterocycles. The summed E-state index contributed by atoms with van der Waals surface area (Å²) in [6, 6.07) is 11.0. The minimum Gasteiger partial charge on any atom is -0.364 e. The third-order valence-electron chi connectivity index (χ3n) is 5.30. The maximum absolute atomic E-state index is 14.1. The minimum atomic E-state index is -0.527. The second kappa shape index (κ2) is 7.59. The standard InChI is InChI=1S/C23H20FN3O3/c1-13-21(12-30-26-13)15-4-5-20-16(8-15)6-7-27(23(20)29)14(2)17-9-18(22(28)25-3)11-19(24)10-17/h4-12,14H,1-3H3,(H,25,28). The van der Waals surface area contributed by atoms with E-state index < -0.39 is 11.9 Å². The van der Waals surface area contributed by atoms with Gasteiger partial charge in [-0.2, -0.15) is 0 Å². The molecule has 6 nitrogen and oxygen atoms in total. The molecule has 0 saturated carbocycles. The highest BCUT2D eigenvalue weighted by atomic mass is 19.1. The lowest BCUT2D eigenvalue weighted by atomic mass is 10.0. The van der Waals surface area contributed by atoms with Crippen molar-refractivity contribution in [3.05, 3.63) is 87.9 Å². The van der Waals surface area contributed by atoms with Gasteiger partial charge in [-0.25, -0.2) is 4.39 Å². The average Bonchev–Trinajstić information content (AvgIpc) is 3.18. The lowest BCUT2D eigenvalue weighted by Crippen LogP contribution is -2.24. The Hall–Kier alpha value is -3.74. The summed E-state index contributed by atoms with van der Waals surface area (Å²) in [5, 5.41) is 7.71. The first kappa shape index (κ1) is 19.6. The van der Waals surface area contributed by atoms with Gasteiger partial charge in [0.05, 0.1) is 11.7 Å². The average molecular weight is 405 g/mol. The number of carbonyl (C=O) groups is 1. The highest BCUT2D eigenvalue weighted by molar-refractivity contribution is 5.94. The topological polar surface area (TPSA) is 77.1 Å². The van der Waals surface area contributed by atoms with Gasteiger partial charge >= 0.3 is 0 Å². The van der Waals surface area contributed by atoms with Gasteiger partial charge in [0.1, 0.15) is 12.1 Å². The second-order valence-corrected chi connectivity index (χ2v) is 7.17. The number of halogens is 1. The van der Waals surface area contributed by atoms with Gasteiger partial charge in [0, 0.05) is 29.8 Å². The van der Waals surface area contributed by atoms with Crippen LogP contribution >= 0.6 is 0 Å². The van der Waals surface area contributed by atoms with Gasteiger partial charge in [-0.15, -0.1) is 0 Å². The Kier molecular flexibility index (Phi) is 4.95. The number of nitrogens with one attached hydrogen (secondary N) is 1. The largest absolute Gasteiger partial charge is 0.364 e. The van der Waals surface area contributed by atoms with Crippen molar-refractivity contribution in [3.63, 3.8) is 0 Å². The van der Waals surface area contributed by atoms with Crippen LogP contribution in [0.15, 0.2) is 64.2 Å². The first-order valence-corrected chi connectivity index (χ1v) is 9.48. The summed E-state index contributed by atoms with van der Waals surface area (Å²) in [7, 11) is 1.49. The molecule has 1 amide bonds. The van der Waals surface area contributed by atoms with Crippen molar-refractivity contribution in [2.45, 2.75) is 19.9 Å². The summed E-state index contributed by atoms with van der Waals surface area (Å²) in [5.41, 5.74) is 3.10. The molecule has 4 rings (SSSR count). The number of hydrogen-bond acceptors (Lipinski definition) is 4. The van der Waals surface area contributed by atoms with Crippen molar-refractivity contribution in [3.8, 4) is 11.1 Å². The number of pyridine rings is 1. The smallest absolute Gasteiger partial charge is 0.258 e. The molecule has 1 N–H and O–H groups in total. The molecular weight excluding hydrogens is 385 g/mol. The van der Waals surface area contributed by atoms with Crippen LogP contribution in [0.1, 0.15) is 34.6 Å². The van der Waals surface area contributed by atoms with Crippen LogP contribution in [-0.4, -0.2) is 22.7 Å². The molecule has 0 spiro atoms. The molecule has 0 saturated heterocycles. The van der Waals surface area contributed by atoms with Crippen molar-refractivity contribution in [2.75, 3.05) is 7.05 Å². The third-order valence-corrected chi connectivity index (χ3v) is 5.30. The summed E-state index contributed by atoms with van der Waals surface area (Å²) < 4.78 is 20.6. The lowest BCUT2D eigenvalue weighted by Gasteiger charge is -2.17. The number of rotatable bonds is 4. The molecule has 0 aliphatic heterocycles. The zero-order chi connectivity index (χ0) is 21.4. The Bertz CT molecular complexity index is 1320. The van der Waals surface area contributed by atoms with Crippen LogP contribution in [0.4, 0.5) is 4.39 Å². The van der Waals surface area contributed by atoms with Gasteiger partial charge in [0.15, 0.2) is 0 Å². The van der Waals surface area contributed by atoms with Crippen LogP contribution in [0.25, 0.3) is 21.9 Å². The maximum Gasteiger partial charge on any atom is 0.258 e. The quantitative estimate of drug-likeness (QED) is 0.555. The van der Waals surface area contributed by atoms with E-state index in [0.717, 1.165) is 22.2 Å². The van der Waals surface area contributed by atoms with E-state index in [-0.39, 0.29) is 17.0 Å². The van der Waals surface area contributed by atoms with Gasteiger partial charge in [0.25, 0.3) is 11.5 Å². The summed E-state index contributed by atoms with van der Waals surface area (Å²) in [6.45, 7) is 3.65. The predicted octanol–water partition coefficient (Wildman–Crippen LogP) is 4.07. The minimum absolute atomic E-state index is 0.195. The molecule has 2 aromatic heterocycles. The van der Waals surface area contributed by atoms with Crippen LogP contribution in [-0.2, 0) is 0 Å². The number of benzene rings is 2. The summed E-state index contributed by atoms with van der Waals surface area (Å²) in [4.78, 5) is 25.0. The van der Waals surface area contributed by atoms with Crippen molar-refractivity contribution in [2.24, 2.45) is 0 Å². The Balaban J connectivity index is 1.77. The number of aryl methyl sites for hydroxylation is 1. The molecule has 0 aliphatic carbocycles. The molecular formula is C23H20FN3O3. The monoisotopic (exact) mass is 405 g/mol. The molecule has 152 valence electrons. The van der Waals surface area contributed by atoms with Gasteiger partial charge in [-0.05, 0) is 66.8 Å². The predicted molar refractivity (Wildman–Crippen MR) is 112 cm³/mol. The molecule has 0 radical (unpaired) electrons. The fourth-order valence-corrected chi connectivity index (χ4v) is 3.59. The number of amides is 1. The Morgan fingerprint density at radius 1 is 1.20 bits per heavy atom. The van der Waals surface area contributed by atoms with Crippen LogP contribution in [0.3, 0.4) is 0 Å². The summed E-state index contributed by atoms with van der Waals surface area (Å²) in [6.07, 6.45) is 3.26. The fraction of sp³-hybridized carbons (Fsp3) is 0.174. The van der Waals surface area contributed by atoms with Gasteiger partial charge in [-0.1, -0.05) is 11.2 Å². The van der Waals surface area contributed by atoms with Gasteiger partial charge in [0.2, 0.25) is 0 Å². The van der Waals surface area contributed by atoms with Gasteiger partial charge in [-0.3, -0.25) is 9.59 Å². The number of fused-ring (bicyclic) bond motifs is 1. The molecule has 0 aliphatic rings. The molecule has 1 atom stereocenters. The van der Waals surface area contributed by atoms with Crippen molar-refractivity contribution in [1.82, 2.24) is 15.0 Å². The van der Waals surface area contributed by atoms with Crippen molar-refractivity contribution >= 4 is 16.7 Å². The van der Waals surface area contributed by atoms with Crippen molar-refractivity contribution < 1.29 is 13.7 Å². The van der Waals surface area contributed by atoms with Crippen molar-refractivity contribution in [1.29, 1.82) is 0 Å². The molecule has 1 unspecified atom stereocenters. The zero-order valence-electron chi connectivity index (χ0n) is 16.8. The molecule has 2 aromatic carbocycles. The molecule has 0 fully saturated rings. The highest BCUT2D eigenvalue weighted by Crippen LogP contribution is 2.26. The molecule has 7 heteroatoms. The normalized spacial score (nSPS) is 12.1. The number of aromatic nitrogens is 2. The van der Waals surface area contributed by atoms with Crippen LogP contribution in [0.2, 0.25) is 0 Å². The van der Waals surface area contributed by atoms with E-state index >= 15 is 0 Å². The van der Waals surface area contributed by atoms with E-state index in [2.05, 4.69) is 10.5 Å². The number of hydrogen-bond donors (Lipinski definition) is 1. The summed E-state index contributed by atoms with van der Waals surface area (Å²) >= 11 is 0. The van der Waals surface area contributed by atoms with E-state index in [1.807, 2.05) is 25.1 Å².